The Hall–Kier alpha value is -2.62. The van der Waals surface area contributed by atoms with Gasteiger partial charge in [0.1, 0.15) is 16.4 Å². The summed E-state index contributed by atoms with van der Waals surface area (Å²) >= 11 is 0. The summed E-state index contributed by atoms with van der Waals surface area (Å²) in [7, 11) is 2.25. The van der Waals surface area contributed by atoms with Gasteiger partial charge in [0.25, 0.3) is 0 Å². The van der Waals surface area contributed by atoms with E-state index in [2.05, 4.69) is 22.3 Å². The molecule has 2 aromatic rings. The summed E-state index contributed by atoms with van der Waals surface area (Å²) in [4.78, 5) is 15.2. The molecule has 1 aliphatic rings. The summed E-state index contributed by atoms with van der Waals surface area (Å²) in [6.07, 6.45) is 4.26. The van der Waals surface area contributed by atoms with Crippen molar-refractivity contribution in [3.8, 4) is 11.5 Å². The topological polar surface area (TPSA) is 88.2 Å². The Kier molecular flexibility index (Phi) is 8.34. The quantitative estimate of drug-likeness (QED) is 0.629. The van der Waals surface area contributed by atoms with Gasteiger partial charge in [-0.3, -0.25) is 9.69 Å². The Morgan fingerprint density at radius 1 is 1.06 bits per heavy atom. The summed E-state index contributed by atoms with van der Waals surface area (Å²) in [5, 5.41) is 2.86. The summed E-state index contributed by atoms with van der Waals surface area (Å²) in [5.41, 5.74) is 1.58. The Morgan fingerprint density at radius 2 is 1.79 bits per heavy atom. The van der Waals surface area contributed by atoms with Crippen LogP contribution >= 0.6 is 0 Å². The fraction of sp³-hybridized carbons (Fsp3) is 0.458. The van der Waals surface area contributed by atoms with Crippen LogP contribution in [-0.4, -0.2) is 64.9 Å². The fourth-order valence-electron chi connectivity index (χ4n) is 4.10. The third-order valence-electron chi connectivity index (χ3n) is 5.92. The van der Waals surface area contributed by atoms with Crippen molar-refractivity contribution in [2.24, 2.45) is 0 Å². The molecule has 1 aliphatic heterocycles. The van der Waals surface area contributed by atoms with Crippen LogP contribution in [0.3, 0.4) is 0 Å². The molecule has 0 aromatic heterocycles. The van der Waals surface area contributed by atoms with Gasteiger partial charge < -0.3 is 14.8 Å². The van der Waals surface area contributed by atoms with Gasteiger partial charge >= 0.3 is 0 Å². The second kappa shape index (κ2) is 11.0. The number of sulfonamides is 1. The largest absolute Gasteiger partial charge is 0.497 e. The number of methoxy groups -OCH3 is 2. The van der Waals surface area contributed by atoms with E-state index < -0.39 is 10.0 Å². The lowest BCUT2D eigenvalue weighted by atomic mass is 10.0. The molecule has 1 N–H and O–H groups in total. The maximum absolute atomic E-state index is 13.0. The maximum atomic E-state index is 13.0. The van der Waals surface area contributed by atoms with Crippen molar-refractivity contribution in [2.45, 2.75) is 36.6 Å². The van der Waals surface area contributed by atoms with Gasteiger partial charge in [0.2, 0.25) is 15.9 Å². The smallest absolute Gasteiger partial charge is 0.246 e. The SMILES string of the molecule is COc1ccc(C2CCCCCN2CC(=O)Nc2ccc(OC)c(S(=O)(=O)N(C)C)c2)cc1. The molecule has 2 aromatic carbocycles. The second-order valence-corrected chi connectivity index (χ2v) is 10.4. The zero-order chi connectivity index (χ0) is 24.0. The van der Waals surface area contributed by atoms with Gasteiger partial charge in [0, 0.05) is 25.8 Å². The van der Waals surface area contributed by atoms with Crippen LogP contribution in [0.15, 0.2) is 47.4 Å². The molecule has 33 heavy (non-hydrogen) atoms. The van der Waals surface area contributed by atoms with E-state index in [0.717, 1.165) is 47.8 Å². The average molecular weight is 476 g/mol. The van der Waals surface area contributed by atoms with E-state index in [1.54, 1.807) is 19.2 Å². The molecule has 1 fully saturated rings. The van der Waals surface area contributed by atoms with E-state index >= 15 is 0 Å². The fourth-order valence-corrected chi connectivity index (χ4v) is 5.17. The van der Waals surface area contributed by atoms with Crippen molar-refractivity contribution in [3.05, 3.63) is 48.0 Å². The molecule has 1 saturated heterocycles. The number of carbonyl (C=O) groups is 1. The molecule has 180 valence electrons. The molecule has 1 atom stereocenters. The van der Waals surface area contributed by atoms with Gasteiger partial charge in [-0.25, -0.2) is 12.7 Å². The third-order valence-corrected chi connectivity index (χ3v) is 7.75. The Labute approximate surface area is 196 Å². The molecule has 0 spiro atoms. The second-order valence-electron chi connectivity index (χ2n) is 8.31. The van der Waals surface area contributed by atoms with Crippen LogP contribution in [0.25, 0.3) is 0 Å². The number of nitrogens with one attached hydrogen (secondary N) is 1. The van der Waals surface area contributed by atoms with E-state index in [1.807, 2.05) is 12.1 Å². The van der Waals surface area contributed by atoms with Crippen LogP contribution < -0.4 is 14.8 Å². The summed E-state index contributed by atoms with van der Waals surface area (Å²) in [6.45, 7) is 1.05. The summed E-state index contributed by atoms with van der Waals surface area (Å²) < 4.78 is 36.9. The minimum Gasteiger partial charge on any atom is -0.497 e. The molecule has 0 saturated carbocycles. The number of likely N-dealkylation sites (tertiary alicyclic amines) is 1. The number of anilines is 1. The number of carbonyl (C=O) groups excluding carboxylic acids is 1. The van der Waals surface area contributed by atoms with Gasteiger partial charge in [-0.05, 0) is 55.3 Å². The number of hydrogen-bond donors (Lipinski definition) is 1. The van der Waals surface area contributed by atoms with Gasteiger partial charge in [-0.15, -0.1) is 0 Å². The van der Waals surface area contributed by atoms with Crippen molar-refractivity contribution >= 4 is 21.6 Å². The molecule has 9 heteroatoms. The molecule has 8 nitrogen and oxygen atoms in total. The van der Waals surface area contributed by atoms with Crippen molar-refractivity contribution in [1.82, 2.24) is 9.21 Å². The van der Waals surface area contributed by atoms with E-state index in [9.17, 15) is 13.2 Å². The maximum Gasteiger partial charge on any atom is 0.246 e. The number of rotatable bonds is 8. The molecule has 1 heterocycles. The van der Waals surface area contributed by atoms with Crippen LogP contribution in [0, 0.1) is 0 Å². The lowest BCUT2D eigenvalue weighted by Gasteiger charge is -2.30. The molecule has 0 bridgehead atoms. The molecule has 0 radical (unpaired) electrons. The molecule has 3 rings (SSSR count). The molecule has 1 unspecified atom stereocenters. The first-order valence-corrected chi connectivity index (χ1v) is 12.5. The van der Waals surface area contributed by atoms with E-state index in [1.165, 1.54) is 27.3 Å². The monoisotopic (exact) mass is 475 g/mol. The highest BCUT2D eigenvalue weighted by Gasteiger charge is 2.26. The van der Waals surface area contributed by atoms with Crippen molar-refractivity contribution in [1.29, 1.82) is 0 Å². The third kappa shape index (κ3) is 6.04. The minimum absolute atomic E-state index is 0.0127. The molecule has 0 aliphatic carbocycles. The standard InChI is InChI=1S/C24H33N3O5S/c1-26(2)33(29,30)23-16-19(11-14-22(23)32-4)25-24(28)17-27-15-7-5-6-8-21(27)18-9-12-20(31-3)13-10-18/h9-14,16,21H,5-8,15,17H2,1-4H3,(H,25,28). The summed E-state index contributed by atoms with van der Waals surface area (Å²) in [5.74, 6) is 0.849. The number of amides is 1. The van der Waals surface area contributed by atoms with Crippen LogP contribution in [-0.2, 0) is 14.8 Å². The van der Waals surface area contributed by atoms with Crippen LogP contribution in [0.4, 0.5) is 5.69 Å². The van der Waals surface area contributed by atoms with Gasteiger partial charge in [0.15, 0.2) is 0 Å². The lowest BCUT2D eigenvalue weighted by molar-refractivity contribution is -0.117. The number of nitrogens with zero attached hydrogens (tertiary/aromatic N) is 2. The number of hydrogen-bond acceptors (Lipinski definition) is 6. The molecular formula is C24H33N3O5S. The highest BCUT2D eigenvalue weighted by molar-refractivity contribution is 7.89. The zero-order valence-electron chi connectivity index (χ0n) is 19.7. The first-order valence-electron chi connectivity index (χ1n) is 11.0. The van der Waals surface area contributed by atoms with Gasteiger partial charge in [-0.1, -0.05) is 25.0 Å². The van der Waals surface area contributed by atoms with Crippen molar-refractivity contribution in [2.75, 3.05) is 46.7 Å². The zero-order valence-corrected chi connectivity index (χ0v) is 20.5. The van der Waals surface area contributed by atoms with E-state index in [0.29, 0.717) is 5.69 Å². The minimum atomic E-state index is -3.72. The predicted molar refractivity (Wildman–Crippen MR) is 128 cm³/mol. The number of ether oxygens (including phenoxy) is 2. The highest BCUT2D eigenvalue weighted by atomic mass is 32.2. The highest BCUT2D eigenvalue weighted by Crippen LogP contribution is 2.32. The first kappa shape index (κ1) is 25.0. The van der Waals surface area contributed by atoms with E-state index in [-0.39, 0.29) is 29.1 Å². The summed E-state index contributed by atoms with van der Waals surface area (Å²) in [6, 6.07) is 12.8. The van der Waals surface area contributed by atoms with Crippen molar-refractivity contribution < 1.29 is 22.7 Å². The molecular weight excluding hydrogens is 442 g/mol. The Morgan fingerprint density at radius 3 is 2.42 bits per heavy atom. The van der Waals surface area contributed by atoms with Crippen LogP contribution in [0.2, 0.25) is 0 Å². The van der Waals surface area contributed by atoms with Crippen LogP contribution in [0.5, 0.6) is 11.5 Å². The first-order chi connectivity index (χ1) is 15.8. The average Bonchev–Trinajstić information content (AvgIpc) is 3.04. The Bertz CT molecular complexity index is 1050. The predicted octanol–water partition coefficient (Wildman–Crippen LogP) is 3.51. The molecule has 1 amide bonds. The van der Waals surface area contributed by atoms with Gasteiger partial charge in [-0.2, -0.15) is 0 Å². The number of benzene rings is 2. The lowest BCUT2D eigenvalue weighted by Crippen LogP contribution is -2.36. The van der Waals surface area contributed by atoms with Crippen LogP contribution in [0.1, 0.15) is 37.3 Å². The Balaban J connectivity index is 1.78. The normalized spacial score (nSPS) is 17.4. The van der Waals surface area contributed by atoms with E-state index in [4.69, 9.17) is 9.47 Å². The van der Waals surface area contributed by atoms with Crippen molar-refractivity contribution in [3.63, 3.8) is 0 Å². The van der Waals surface area contributed by atoms with Gasteiger partial charge in [0.05, 0.1) is 20.8 Å².